The molecule has 0 aromatic heterocycles. The van der Waals surface area contributed by atoms with Gasteiger partial charge in [-0.15, -0.1) is 0 Å². The third kappa shape index (κ3) is 5.58. The number of rotatable bonds is 8. The second-order valence-corrected chi connectivity index (χ2v) is 9.53. The standard InChI is InChI=1S/C21H25ClN2O4S.Na.H/c1-24-18-9-6-5-8-16(18)21(23-13-7-3-2-4-10-20(25)26)17-12-11-15(22)14-19(17)29(24,27)28;;/h5-6,8-9,11-12,14,21,23H,2-4,7,10,13H2,1H3,(H,25,26);;. The van der Waals surface area contributed by atoms with Crippen LogP contribution < -0.4 is 9.62 Å². The number of fused-ring (bicyclic) bond motifs is 2. The zero-order valence-electron chi connectivity index (χ0n) is 16.3. The molecule has 0 saturated heterocycles. The number of hydrogen-bond acceptors (Lipinski definition) is 4. The molecule has 0 amide bonds. The molecule has 2 aromatic carbocycles. The topological polar surface area (TPSA) is 86.7 Å². The maximum atomic E-state index is 13.2. The summed E-state index contributed by atoms with van der Waals surface area (Å²) >= 11 is 6.12. The number of benzene rings is 2. The summed E-state index contributed by atoms with van der Waals surface area (Å²) in [5, 5.41) is 12.6. The Hall–Kier alpha value is -1.09. The number of anilines is 1. The molecule has 3 rings (SSSR count). The molecular formula is C21H26ClN2NaO4S. The summed E-state index contributed by atoms with van der Waals surface area (Å²) in [6, 6.07) is 12.2. The van der Waals surface area contributed by atoms with Crippen molar-refractivity contribution in [3.05, 3.63) is 58.6 Å². The maximum absolute atomic E-state index is 13.2. The molecule has 0 aliphatic carbocycles. The van der Waals surface area contributed by atoms with E-state index in [0.29, 0.717) is 29.2 Å². The second-order valence-electron chi connectivity index (χ2n) is 7.16. The van der Waals surface area contributed by atoms with Gasteiger partial charge in [0.1, 0.15) is 0 Å². The second kappa shape index (κ2) is 11.0. The average Bonchev–Trinajstić information content (AvgIpc) is 2.75. The SMILES string of the molecule is CN1c2ccccc2C(NCCCCCCC(=O)O)c2ccc(Cl)cc2S1(=O)=O.[NaH]. The molecule has 1 heterocycles. The van der Waals surface area contributed by atoms with Crippen molar-refractivity contribution in [1.82, 2.24) is 5.32 Å². The van der Waals surface area contributed by atoms with Crippen molar-refractivity contribution < 1.29 is 18.3 Å². The molecule has 0 bridgehead atoms. The van der Waals surface area contributed by atoms with Gasteiger partial charge >= 0.3 is 35.5 Å². The zero-order valence-corrected chi connectivity index (χ0v) is 17.8. The third-order valence-electron chi connectivity index (χ3n) is 5.18. The normalized spacial score (nSPS) is 16.7. The zero-order chi connectivity index (χ0) is 21.0. The van der Waals surface area contributed by atoms with Gasteiger partial charge in [-0.3, -0.25) is 9.10 Å². The van der Waals surface area contributed by atoms with Gasteiger partial charge in [-0.1, -0.05) is 48.7 Å². The van der Waals surface area contributed by atoms with E-state index < -0.39 is 16.0 Å². The molecule has 158 valence electrons. The summed E-state index contributed by atoms with van der Waals surface area (Å²) in [7, 11) is -2.16. The Morgan fingerprint density at radius 3 is 2.53 bits per heavy atom. The Labute approximate surface area is 205 Å². The van der Waals surface area contributed by atoms with Crippen molar-refractivity contribution in [2.75, 3.05) is 17.9 Å². The molecule has 0 fully saturated rings. The number of hydrogen-bond donors (Lipinski definition) is 2. The molecule has 0 saturated carbocycles. The number of sulfonamides is 1. The van der Waals surface area contributed by atoms with E-state index in [4.69, 9.17) is 16.7 Å². The van der Waals surface area contributed by atoms with Crippen molar-refractivity contribution in [1.29, 1.82) is 0 Å². The molecule has 1 atom stereocenters. The Balaban J connectivity index is 0.00000320. The number of aliphatic carboxylic acids is 1. The quantitative estimate of drug-likeness (QED) is 0.464. The van der Waals surface area contributed by atoms with E-state index in [1.54, 1.807) is 25.2 Å². The molecule has 0 radical (unpaired) electrons. The van der Waals surface area contributed by atoms with Crippen LogP contribution in [0.5, 0.6) is 0 Å². The molecule has 1 unspecified atom stereocenters. The summed E-state index contributed by atoms with van der Waals surface area (Å²) in [4.78, 5) is 10.8. The fourth-order valence-corrected chi connectivity index (χ4v) is 5.37. The van der Waals surface area contributed by atoms with Crippen molar-refractivity contribution >= 4 is 62.8 Å². The first-order valence-electron chi connectivity index (χ1n) is 9.65. The number of halogens is 1. The van der Waals surface area contributed by atoms with E-state index in [1.807, 2.05) is 18.2 Å². The molecule has 2 N–H and O–H groups in total. The van der Waals surface area contributed by atoms with Gasteiger partial charge in [0.2, 0.25) is 0 Å². The predicted molar refractivity (Wildman–Crippen MR) is 121 cm³/mol. The van der Waals surface area contributed by atoms with Crippen molar-refractivity contribution in [2.24, 2.45) is 0 Å². The number of nitrogens with zero attached hydrogens (tertiary/aromatic N) is 1. The minimum atomic E-state index is -3.72. The fourth-order valence-electron chi connectivity index (χ4n) is 3.65. The van der Waals surface area contributed by atoms with Gasteiger partial charge in [-0.05, 0) is 48.7 Å². The number of nitrogens with one attached hydrogen (secondary N) is 1. The summed E-state index contributed by atoms with van der Waals surface area (Å²) < 4.78 is 27.7. The monoisotopic (exact) mass is 460 g/mol. The Bertz CT molecular complexity index is 1000. The fraction of sp³-hybridized carbons (Fsp3) is 0.381. The number of carboxylic acid groups (broad SMARTS) is 1. The number of carbonyl (C=O) groups is 1. The average molecular weight is 461 g/mol. The van der Waals surface area contributed by atoms with Crippen LogP contribution in [-0.4, -0.2) is 62.6 Å². The van der Waals surface area contributed by atoms with Gasteiger partial charge in [0.05, 0.1) is 16.6 Å². The van der Waals surface area contributed by atoms with Gasteiger partial charge in [0, 0.05) is 18.5 Å². The van der Waals surface area contributed by atoms with Gasteiger partial charge in [0.25, 0.3) is 10.0 Å². The summed E-state index contributed by atoms with van der Waals surface area (Å²) in [6.45, 7) is 0.692. The Morgan fingerprint density at radius 1 is 1.10 bits per heavy atom. The van der Waals surface area contributed by atoms with Gasteiger partial charge < -0.3 is 10.4 Å². The van der Waals surface area contributed by atoms with Crippen LogP contribution in [0, 0.1) is 0 Å². The van der Waals surface area contributed by atoms with Crippen LogP contribution in [0.4, 0.5) is 5.69 Å². The molecule has 0 spiro atoms. The molecular weight excluding hydrogens is 435 g/mol. The van der Waals surface area contributed by atoms with E-state index in [9.17, 15) is 13.2 Å². The van der Waals surface area contributed by atoms with E-state index >= 15 is 0 Å². The molecule has 30 heavy (non-hydrogen) atoms. The van der Waals surface area contributed by atoms with Gasteiger partial charge in [0.15, 0.2) is 0 Å². The van der Waals surface area contributed by atoms with Crippen LogP contribution in [0.3, 0.4) is 0 Å². The third-order valence-corrected chi connectivity index (χ3v) is 7.24. The number of unbranched alkanes of at least 4 members (excludes halogenated alkanes) is 3. The van der Waals surface area contributed by atoms with Crippen LogP contribution in [0.1, 0.15) is 49.3 Å². The summed E-state index contributed by atoms with van der Waals surface area (Å²) in [5.41, 5.74) is 2.21. The van der Waals surface area contributed by atoms with Crippen LogP contribution in [-0.2, 0) is 14.8 Å². The minimum absolute atomic E-state index is 0. The van der Waals surface area contributed by atoms with E-state index in [0.717, 1.165) is 24.8 Å². The van der Waals surface area contributed by atoms with E-state index in [-0.39, 0.29) is 46.9 Å². The summed E-state index contributed by atoms with van der Waals surface area (Å²) in [6.07, 6.45) is 3.52. The molecule has 1 aliphatic rings. The summed E-state index contributed by atoms with van der Waals surface area (Å²) in [5.74, 6) is -0.765. The molecule has 2 aromatic rings. The van der Waals surface area contributed by atoms with Crippen LogP contribution in [0.15, 0.2) is 47.4 Å². The number of carboxylic acids is 1. The predicted octanol–water partition coefficient (Wildman–Crippen LogP) is 3.54. The van der Waals surface area contributed by atoms with Crippen molar-refractivity contribution in [3.63, 3.8) is 0 Å². The molecule has 1 aliphatic heterocycles. The van der Waals surface area contributed by atoms with Crippen LogP contribution in [0.25, 0.3) is 0 Å². The van der Waals surface area contributed by atoms with Gasteiger partial charge in [-0.2, -0.15) is 0 Å². The van der Waals surface area contributed by atoms with E-state index in [1.165, 1.54) is 10.4 Å². The first-order valence-corrected chi connectivity index (χ1v) is 11.5. The first kappa shape index (κ1) is 25.2. The Kier molecular flexibility index (Phi) is 9.21. The van der Waals surface area contributed by atoms with Gasteiger partial charge in [-0.25, -0.2) is 8.42 Å². The molecule has 9 heteroatoms. The first-order chi connectivity index (χ1) is 13.8. The van der Waals surface area contributed by atoms with E-state index in [2.05, 4.69) is 5.32 Å². The van der Waals surface area contributed by atoms with Crippen molar-refractivity contribution in [2.45, 2.75) is 43.0 Å². The Morgan fingerprint density at radius 2 is 1.80 bits per heavy atom. The molecule has 6 nitrogen and oxygen atoms in total. The van der Waals surface area contributed by atoms with Crippen molar-refractivity contribution in [3.8, 4) is 0 Å². The van der Waals surface area contributed by atoms with Crippen LogP contribution >= 0.6 is 11.6 Å². The number of para-hydroxylation sites is 1. The van der Waals surface area contributed by atoms with Crippen LogP contribution in [0.2, 0.25) is 5.02 Å².